The Balaban J connectivity index is 2.17. The van der Waals surface area contributed by atoms with Gasteiger partial charge < -0.3 is 23.1 Å². The second kappa shape index (κ2) is 9.35. The van der Waals surface area contributed by atoms with Crippen LogP contribution in [0.1, 0.15) is 36.7 Å². The Morgan fingerprint density at radius 3 is 2.00 bits per heavy atom. The normalized spacial score (nSPS) is 11.8. The number of benzene rings is 2. The standard InChI is InChI=1S/C26H32O6Si/c1-26(2,3)33(7,8)32-21-12-11-17(20-10-9-13-31-20)14-19(21)24(27)18-15-22(28-4)25(30-6)23(16-18)29-5/h9-16H,1-8H3. The summed E-state index contributed by atoms with van der Waals surface area (Å²) in [6, 6.07) is 12.6. The molecule has 0 saturated carbocycles. The Labute approximate surface area is 196 Å². The van der Waals surface area contributed by atoms with E-state index in [1.54, 1.807) is 18.4 Å². The lowest BCUT2D eigenvalue weighted by molar-refractivity contribution is 0.103. The van der Waals surface area contributed by atoms with Gasteiger partial charge in [-0.3, -0.25) is 4.79 Å². The average Bonchev–Trinajstić information content (AvgIpc) is 3.31. The molecule has 1 aromatic heterocycles. The zero-order valence-corrected chi connectivity index (χ0v) is 21.6. The van der Waals surface area contributed by atoms with Crippen LogP contribution in [0.4, 0.5) is 0 Å². The number of ketones is 1. The number of furan rings is 1. The molecule has 0 N–H and O–H groups in total. The van der Waals surface area contributed by atoms with E-state index in [9.17, 15) is 4.79 Å². The van der Waals surface area contributed by atoms with E-state index in [0.717, 1.165) is 5.56 Å². The first-order chi connectivity index (χ1) is 15.5. The van der Waals surface area contributed by atoms with Crippen LogP contribution in [0.15, 0.2) is 53.1 Å². The molecule has 0 radical (unpaired) electrons. The first-order valence-electron chi connectivity index (χ1n) is 10.7. The molecule has 0 amide bonds. The van der Waals surface area contributed by atoms with Crippen molar-refractivity contribution in [3.63, 3.8) is 0 Å². The van der Waals surface area contributed by atoms with Gasteiger partial charge in [0, 0.05) is 11.1 Å². The van der Waals surface area contributed by atoms with Gasteiger partial charge in [-0.2, -0.15) is 0 Å². The van der Waals surface area contributed by atoms with Gasteiger partial charge >= 0.3 is 0 Å². The van der Waals surface area contributed by atoms with E-state index >= 15 is 0 Å². The Kier molecular flexibility index (Phi) is 6.93. The van der Waals surface area contributed by atoms with Gasteiger partial charge in [-0.15, -0.1) is 0 Å². The Hall–Kier alpha value is -3.19. The number of ether oxygens (including phenoxy) is 3. The minimum atomic E-state index is -2.20. The average molecular weight is 469 g/mol. The van der Waals surface area contributed by atoms with Crippen molar-refractivity contribution in [2.45, 2.75) is 38.9 Å². The number of rotatable bonds is 8. The van der Waals surface area contributed by atoms with Gasteiger partial charge in [0.05, 0.1) is 33.2 Å². The summed E-state index contributed by atoms with van der Waals surface area (Å²) < 4.78 is 28.4. The molecule has 0 saturated heterocycles. The maximum Gasteiger partial charge on any atom is 0.250 e. The van der Waals surface area contributed by atoms with Crippen molar-refractivity contribution in [1.82, 2.24) is 0 Å². The van der Waals surface area contributed by atoms with Gasteiger partial charge in [0.1, 0.15) is 11.5 Å². The van der Waals surface area contributed by atoms with Gasteiger partial charge in [-0.25, -0.2) is 0 Å². The molecule has 1 heterocycles. The fourth-order valence-electron chi connectivity index (χ4n) is 3.19. The van der Waals surface area contributed by atoms with E-state index in [1.165, 1.54) is 21.3 Å². The monoisotopic (exact) mass is 468 g/mol. The molecule has 3 rings (SSSR count). The van der Waals surface area contributed by atoms with E-state index < -0.39 is 8.32 Å². The lowest BCUT2D eigenvalue weighted by Gasteiger charge is -2.37. The Morgan fingerprint density at radius 1 is 0.879 bits per heavy atom. The first kappa shape index (κ1) is 24.4. The van der Waals surface area contributed by atoms with Gasteiger partial charge in [0.2, 0.25) is 5.75 Å². The molecule has 176 valence electrons. The highest BCUT2D eigenvalue weighted by Gasteiger charge is 2.39. The molecule has 7 heteroatoms. The van der Waals surface area contributed by atoms with Crippen LogP contribution in [0.25, 0.3) is 11.3 Å². The Bertz CT molecular complexity index is 1100. The first-order valence-corrected chi connectivity index (χ1v) is 13.6. The second-order valence-electron chi connectivity index (χ2n) is 9.29. The fraction of sp³-hybridized carbons (Fsp3) is 0.346. The van der Waals surface area contributed by atoms with E-state index in [-0.39, 0.29) is 10.8 Å². The van der Waals surface area contributed by atoms with E-state index in [2.05, 4.69) is 33.9 Å². The summed E-state index contributed by atoms with van der Waals surface area (Å²) in [7, 11) is 2.37. The zero-order valence-electron chi connectivity index (χ0n) is 20.6. The molecule has 0 unspecified atom stereocenters. The van der Waals surface area contributed by atoms with Crippen molar-refractivity contribution in [2.75, 3.05) is 21.3 Å². The topological polar surface area (TPSA) is 67.1 Å². The number of carbonyl (C=O) groups excluding carboxylic acids is 1. The summed E-state index contributed by atoms with van der Waals surface area (Å²) in [5.41, 5.74) is 1.64. The van der Waals surface area contributed by atoms with E-state index in [4.69, 9.17) is 23.1 Å². The molecule has 0 aliphatic carbocycles. The van der Waals surface area contributed by atoms with Crippen LogP contribution in [-0.4, -0.2) is 35.4 Å². The molecule has 0 fully saturated rings. The van der Waals surface area contributed by atoms with Crippen LogP contribution in [0.5, 0.6) is 23.0 Å². The van der Waals surface area contributed by atoms with Crippen molar-refractivity contribution in [3.8, 4) is 34.3 Å². The highest BCUT2D eigenvalue weighted by atomic mass is 28.4. The lowest BCUT2D eigenvalue weighted by atomic mass is 9.99. The summed E-state index contributed by atoms with van der Waals surface area (Å²) in [5.74, 6) is 2.27. The number of methoxy groups -OCH3 is 3. The molecule has 0 atom stereocenters. The number of hydrogen-bond acceptors (Lipinski definition) is 6. The van der Waals surface area contributed by atoms with Crippen LogP contribution in [0, 0.1) is 0 Å². The van der Waals surface area contributed by atoms with Gasteiger partial charge in [0.25, 0.3) is 8.32 Å². The summed E-state index contributed by atoms with van der Waals surface area (Å²) in [6.45, 7) is 10.8. The SMILES string of the molecule is COc1cc(C(=O)c2cc(-c3ccco3)ccc2O[Si](C)(C)C(C)(C)C)cc(OC)c1OC. The third-order valence-corrected chi connectivity index (χ3v) is 10.5. The van der Waals surface area contributed by atoms with Crippen LogP contribution < -0.4 is 18.6 Å². The summed E-state index contributed by atoms with van der Waals surface area (Å²) in [6.07, 6.45) is 1.61. The van der Waals surface area contributed by atoms with Crippen LogP contribution in [0.3, 0.4) is 0 Å². The quantitative estimate of drug-likeness (QED) is 0.274. The molecular formula is C26H32O6Si. The van der Waals surface area contributed by atoms with Gasteiger partial charge in [-0.05, 0) is 60.6 Å². The van der Waals surface area contributed by atoms with E-state index in [1.807, 2.05) is 30.3 Å². The molecular weight excluding hydrogens is 436 g/mol. The van der Waals surface area contributed by atoms with Crippen LogP contribution >= 0.6 is 0 Å². The minimum absolute atomic E-state index is 0.0282. The van der Waals surface area contributed by atoms with Crippen molar-refractivity contribution in [1.29, 1.82) is 0 Å². The lowest BCUT2D eigenvalue weighted by Crippen LogP contribution is -2.44. The van der Waals surface area contributed by atoms with Crippen molar-refractivity contribution >= 4 is 14.1 Å². The summed E-state index contributed by atoms with van der Waals surface area (Å²) in [5, 5.41) is -0.0282. The third-order valence-electron chi connectivity index (χ3n) is 6.13. The minimum Gasteiger partial charge on any atom is -0.543 e. The molecule has 0 bridgehead atoms. The van der Waals surface area contributed by atoms with Crippen molar-refractivity contribution < 1.29 is 27.8 Å². The largest absolute Gasteiger partial charge is 0.543 e. The predicted molar refractivity (Wildman–Crippen MR) is 131 cm³/mol. The third kappa shape index (κ3) is 4.93. The second-order valence-corrected chi connectivity index (χ2v) is 14.0. The molecule has 2 aromatic carbocycles. The molecule has 0 aliphatic heterocycles. The summed E-state index contributed by atoms with van der Waals surface area (Å²) in [4.78, 5) is 13.8. The smallest absolute Gasteiger partial charge is 0.250 e. The number of carbonyl (C=O) groups is 1. The maximum absolute atomic E-state index is 13.8. The highest BCUT2D eigenvalue weighted by Crippen LogP contribution is 2.41. The number of hydrogen-bond donors (Lipinski definition) is 0. The predicted octanol–water partition coefficient (Wildman–Crippen LogP) is 6.59. The molecule has 6 nitrogen and oxygen atoms in total. The fourth-order valence-corrected chi connectivity index (χ4v) is 4.22. The highest BCUT2D eigenvalue weighted by molar-refractivity contribution is 6.74. The molecule has 33 heavy (non-hydrogen) atoms. The van der Waals surface area contributed by atoms with E-state index in [0.29, 0.717) is 39.9 Å². The van der Waals surface area contributed by atoms with Crippen molar-refractivity contribution in [3.05, 3.63) is 59.9 Å². The summed E-state index contributed by atoms with van der Waals surface area (Å²) >= 11 is 0. The molecule has 3 aromatic rings. The zero-order chi connectivity index (χ0) is 24.4. The van der Waals surface area contributed by atoms with Crippen molar-refractivity contribution in [2.24, 2.45) is 0 Å². The molecule has 0 spiro atoms. The van der Waals surface area contributed by atoms with Crippen LogP contribution in [-0.2, 0) is 0 Å². The van der Waals surface area contributed by atoms with Gasteiger partial charge in [0.15, 0.2) is 17.3 Å². The molecule has 0 aliphatic rings. The van der Waals surface area contributed by atoms with Gasteiger partial charge in [-0.1, -0.05) is 20.8 Å². The van der Waals surface area contributed by atoms with Crippen LogP contribution in [0.2, 0.25) is 18.1 Å². The maximum atomic E-state index is 13.8. The Morgan fingerprint density at radius 2 is 1.52 bits per heavy atom.